The number of carbonyl (C=O) groups is 1. The number of hydrogen-bond acceptors (Lipinski definition) is 3. The van der Waals surface area contributed by atoms with Crippen molar-refractivity contribution in [2.24, 2.45) is 0 Å². The fourth-order valence-electron chi connectivity index (χ4n) is 1.56. The maximum atomic E-state index is 11.7. The van der Waals surface area contributed by atoms with E-state index < -0.39 is 0 Å². The maximum absolute atomic E-state index is 11.7. The molecule has 1 rings (SSSR count). The van der Waals surface area contributed by atoms with Gasteiger partial charge in [-0.1, -0.05) is 6.07 Å². The smallest absolute Gasteiger partial charge is 0.239 e. The van der Waals surface area contributed by atoms with Crippen molar-refractivity contribution in [3.63, 3.8) is 0 Å². The minimum Gasteiger partial charge on any atom is -0.497 e. The van der Waals surface area contributed by atoms with Gasteiger partial charge in [0.15, 0.2) is 0 Å². The lowest BCUT2D eigenvalue weighted by Gasteiger charge is -2.21. The normalized spacial score (nSPS) is 10.9. The Morgan fingerprint density at radius 1 is 1.33 bits per heavy atom. The van der Waals surface area contributed by atoms with Gasteiger partial charge in [0.25, 0.3) is 0 Å². The molecule has 0 saturated carbocycles. The van der Waals surface area contributed by atoms with Crippen molar-refractivity contribution in [1.29, 1.82) is 0 Å². The Bertz CT molecular complexity index is 422. The van der Waals surface area contributed by atoms with Gasteiger partial charge in [-0.3, -0.25) is 4.79 Å². The summed E-state index contributed by atoms with van der Waals surface area (Å²) in [6, 6.07) is 5.75. The number of anilines is 1. The number of methoxy groups -OCH3 is 1. The lowest BCUT2D eigenvalue weighted by Crippen LogP contribution is -2.43. The van der Waals surface area contributed by atoms with Gasteiger partial charge >= 0.3 is 0 Å². The molecule has 0 unspecified atom stereocenters. The second kappa shape index (κ2) is 5.76. The van der Waals surface area contributed by atoms with Gasteiger partial charge in [0.2, 0.25) is 5.91 Å². The van der Waals surface area contributed by atoms with Crippen LogP contribution in [0.5, 0.6) is 5.75 Å². The molecule has 1 aromatic carbocycles. The molecule has 2 N–H and O–H groups in total. The molecule has 18 heavy (non-hydrogen) atoms. The molecule has 0 fully saturated rings. The van der Waals surface area contributed by atoms with Crippen LogP contribution in [0.4, 0.5) is 5.69 Å². The third-order valence-corrected chi connectivity index (χ3v) is 2.40. The minimum absolute atomic E-state index is 0.0234. The Hall–Kier alpha value is -1.71. The summed E-state index contributed by atoms with van der Waals surface area (Å²) in [5.74, 6) is 0.754. The molecule has 0 bridgehead atoms. The number of nitrogens with one attached hydrogen (secondary N) is 2. The van der Waals surface area contributed by atoms with Gasteiger partial charge in [0.05, 0.1) is 13.7 Å². The van der Waals surface area contributed by atoms with Crippen molar-refractivity contribution in [2.75, 3.05) is 19.0 Å². The molecule has 4 heteroatoms. The summed E-state index contributed by atoms with van der Waals surface area (Å²) in [6.07, 6.45) is 0. The Balaban J connectivity index is 2.60. The van der Waals surface area contributed by atoms with E-state index >= 15 is 0 Å². The number of aryl methyl sites for hydroxylation is 1. The first-order chi connectivity index (χ1) is 8.31. The van der Waals surface area contributed by atoms with Crippen molar-refractivity contribution in [3.8, 4) is 5.75 Å². The zero-order valence-corrected chi connectivity index (χ0v) is 11.8. The zero-order valence-electron chi connectivity index (χ0n) is 11.8. The third-order valence-electron chi connectivity index (χ3n) is 2.40. The van der Waals surface area contributed by atoms with Crippen molar-refractivity contribution >= 4 is 11.6 Å². The summed E-state index contributed by atoms with van der Waals surface area (Å²) in [5, 5.41) is 6.02. The van der Waals surface area contributed by atoms with E-state index in [9.17, 15) is 4.79 Å². The zero-order chi connectivity index (χ0) is 13.8. The van der Waals surface area contributed by atoms with E-state index in [4.69, 9.17) is 4.74 Å². The molecule has 100 valence electrons. The van der Waals surface area contributed by atoms with Gasteiger partial charge in [0.1, 0.15) is 5.75 Å². The van der Waals surface area contributed by atoms with Gasteiger partial charge in [0, 0.05) is 17.3 Å². The highest BCUT2D eigenvalue weighted by atomic mass is 16.5. The summed E-state index contributed by atoms with van der Waals surface area (Å²) in [6.45, 7) is 8.12. The summed E-state index contributed by atoms with van der Waals surface area (Å²) in [4.78, 5) is 11.7. The first-order valence-corrected chi connectivity index (χ1v) is 6.01. The van der Waals surface area contributed by atoms with Crippen LogP contribution in [-0.2, 0) is 4.79 Å². The second-order valence-electron chi connectivity index (χ2n) is 5.33. The first-order valence-electron chi connectivity index (χ1n) is 6.01. The van der Waals surface area contributed by atoms with E-state index in [0.29, 0.717) is 0 Å². The third kappa shape index (κ3) is 4.65. The van der Waals surface area contributed by atoms with Crippen LogP contribution in [0.1, 0.15) is 26.3 Å². The summed E-state index contributed by atoms with van der Waals surface area (Å²) >= 11 is 0. The molecular weight excluding hydrogens is 228 g/mol. The van der Waals surface area contributed by atoms with Crippen molar-refractivity contribution in [2.45, 2.75) is 33.2 Å². The van der Waals surface area contributed by atoms with E-state index in [2.05, 4.69) is 10.6 Å². The molecule has 0 spiro atoms. The van der Waals surface area contributed by atoms with Crippen LogP contribution in [-0.4, -0.2) is 25.1 Å². The highest BCUT2D eigenvalue weighted by molar-refractivity contribution is 5.81. The monoisotopic (exact) mass is 250 g/mol. The molecule has 0 radical (unpaired) electrons. The molecule has 1 amide bonds. The SMILES string of the molecule is COc1ccc(C)c(NCC(=O)NC(C)(C)C)c1. The largest absolute Gasteiger partial charge is 0.497 e. The number of ether oxygens (including phenoxy) is 1. The van der Waals surface area contributed by atoms with Gasteiger partial charge in [-0.25, -0.2) is 0 Å². The van der Waals surface area contributed by atoms with Crippen LogP contribution in [0.3, 0.4) is 0 Å². The standard InChI is InChI=1S/C14H22N2O2/c1-10-6-7-11(18-5)8-12(10)15-9-13(17)16-14(2,3)4/h6-8,15H,9H2,1-5H3,(H,16,17). The summed E-state index contributed by atoms with van der Waals surface area (Å²) < 4.78 is 5.16. The Morgan fingerprint density at radius 3 is 2.56 bits per heavy atom. The fourth-order valence-corrected chi connectivity index (χ4v) is 1.56. The van der Waals surface area contributed by atoms with Crippen molar-refractivity contribution < 1.29 is 9.53 Å². The van der Waals surface area contributed by atoms with Gasteiger partial charge in [-0.2, -0.15) is 0 Å². The van der Waals surface area contributed by atoms with E-state index in [1.165, 1.54) is 0 Å². The minimum atomic E-state index is -0.206. The molecule has 1 aromatic rings. The van der Waals surface area contributed by atoms with E-state index in [0.717, 1.165) is 17.0 Å². The molecule has 0 aromatic heterocycles. The molecule has 0 aliphatic carbocycles. The molecule has 0 heterocycles. The lowest BCUT2D eigenvalue weighted by atomic mass is 10.1. The van der Waals surface area contributed by atoms with Gasteiger partial charge in [-0.05, 0) is 39.3 Å². The molecule has 4 nitrogen and oxygen atoms in total. The lowest BCUT2D eigenvalue weighted by molar-refractivity contribution is -0.120. The highest BCUT2D eigenvalue weighted by Crippen LogP contribution is 2.21. The fraction of sp³-hybridized carbons (Fsp3) is 0.500. The number of carbonyl (C=O) groups excluding carboxylic acids is 1. The maximum Gasteiger partial charge on any atom is 0.239 e. The predicted octanol–water partition coefficient (Wildman–Crippen LogP) is 2.33. The second-order valence-corrected chi connectivity index (χ2v) is 5.33. The van der Waals surface area contributed by atoms with Gasteiger partial charge < -0.3 is 15.4 Å². The topological polar surface area (TPSA) is 50.4 Å². The number of benzene rings is 1. The molecular formula is C14H22N2O2. The van der Waals surface area contributed by atoms with Crippen LogP contribution >= 0.6 is 0 Å². The van der Waals surface area contributed by atoms with Crippen LogP contribution < -0.4 is 15.4 Å². The van der Waals surface area contributed by atoms with Crippen LogP contribution in [0, 0.1) is 6.92 Å². The Labute approximate surface area is 109 Å². The Kier molecular flexibility index (Phi) is 4.59. The summed E-state index contributed by atoms with van der Waals surface area (Å²) in [5.41, 5.74) is 1.79. The number of amides is 1. The average Bonchev–Trinajstić information content (AvgIpc) is 2.25. The van der Waals surface area contributed by atoms with Gasteiger partial charge in [-0.15, -0.1) is 0 Å². The quantitative estimate of drug-likeness (QED) is 0.862. The molecule has 0 saturated heterocycles. The average molecular weight is 250 g/mol. The van der Waals surface area contributed by atoms with Crippen molar-refractivity contribution in [1.82, 2.24) is 5.32 Å². The first kappa shape index (κ1) is 14.4. The van der Waals surface area contributed by atoms with Crippen LogP contribution in [0.2, 0.25) is 0 Å². The highest BCUT2D eigenvalue weighted by Gasteiger charge is 2.13. The number of rotatable bonds is 4. The molecule has 0 aliphatic rings. The van der Waals surface area contributed by atoms with E-state index in [-0.39, 0.29) is 18.0 Å². The van der Waals surface area contributed by atoms with Crippen LogP contribution in [0.15, 0.2) is 18.2 Å². The predicted molar refractivity (Wildman–Crippen MR) is 74.1 cm³/mol. The molecule has 0 aliphatic heterocycles. The number of hydrogen-bond donors (Lipinski definition) is 2. The van der Waals surface area contributed by atoms with E-state index in [1.54, 1.807) is 7.11 Å². The van der Waals surface area contributed by atoms with E-state index in [1.807, 2.05) is 45.9 Å². The summed E-state index contributed by atoms with van der Waals surface area (Å²) in [7, 11) is 1.63. The Morgan fingerprint density at radius 2 is 2.00 bits per heavy atom. The molecule has 0 atom stereocenters. The van der Waals surface area contributed by atoms with Crippen LogP contribution in [0.25, 0.3) is 0 Å². The van der Waals surface area contributed by atoms with Crippen molar-refractivity contribution in [3.05, 3.63) is 23.8 Å².